The summed E-state index contributed by atoms with van der Waals surface area (Å²) in [6, 6.07) is 8.19. The van der Waals surface area contributed by atoms with Gasteiger partial charge in [-0.15, -0.1) is 0 Å². The van der Waals surface area contributed by atoms with Gasteiger partial charge in [0.05, 0.1) is 25.8 Å². The van der Waals surface area contributed by atoms with Crippen molar-refractivity contribution in [2.75, 3.05) is 19.5 Å². The van der Waals surface area contributed by atoms with E-state index in [4.69, 9.17) is 14.2 Å². The van der Waals surface area contributed by atoms with Crippen molar-refractivity contribution in [2.24, 2.45) is 0 Å². The fourth-order valence-corrected chi connectivity index (χ4v) is 2.79. The number of methoxy groups -OCH3 is 2. The molecule has 0 bridgehead atoms. The molecule has 0 aliphatic heterocycles. The van der Waals surface area contributed by atoms with E-state index >= 15 is 0 Å². The summed E-state index contributed by atoms with van der Waals surface area (Å²) in [4.78, 5) is 12.3. The quantitative estimate of drug-likeness (QED) is 0.501. The molecular weight excluding hydrogens is 469 g/mol. The Morgan fingerprint density at radius 1 is 1.03 bits per heavy atom. The Morgan fingerprint density at radius 3 is 2.37 bits per heavy atom. The average Bonchev–Trinajstić information content (AvgIpc) is 2.73. The molecule has 0 radical (unpaired) electrons. The summed E-state index contributed by atoms with van der Waals surface area (Å²) in [6.45, 7) is 0.143. The number of benzene rings is 1. The van der Waals surface area contributed by atoms with Crippen molar-refractivity contribution in [1.82, 2.24) is 15.0 Å². The predicted molar refractivity (Wildman–Crippen MR) is 106 cm³/mol. The maximum absolute atomic E-state index is 13.0. The van der Waals surface area contributed by atoms with E-state index < -0.39 is 11.7 Å². The summed E-state index contributed by atoms with van der Waals surface area (Å²) in [5, 5.41) is 2.96. The van der Waals surface area contributed by atoms with E-state index in [0.29, 0.717) is 10.0 Å². The minimum absolute atomic E-state index is 0.0496. The van der Waals surface area contributed by atoms with Crippen LogP contribution in [0, 0.1) is 0 Å². The molecule has 0 amide bonds. The van der Waals surface area contributed by atoms with E-state index in [2.05, 4.69) is 36.2 Å². The van der Waals surface area contributed by atoms with Gasteiger partial charge in [0.2, 0.25) is 17.6 Å². The second-order valence-corrected chi connectivity index (χ2v) is 6.71. The van der Waals surface area contributed by atoms with Crippen molar-refractivity contribution in [3.63, 3.8) is 0 Å². The zero-order valence-corrected chi connectivity index (χ0v) is 17.4. The van der Waals surface area contributed by atoms with Gasteiger partial charge in [-0.1, -0.05) is 6.07 Å². The first-order valence-corrected chi connectivity index (χ1v) is 9.29. The summed E-state index contributed by atoms with van der Waals surface area (Å²) in [5.41, 5.74) is 0.0962. The molecule has 0 saturated carbocycles. The Morgan fingerprint density at radius 2 is 1.73 bits per heavy atom. The summed E-state index contributed by atoms with van der Waals surface area (Å²) < 4.78 is 55.3. The molecular formula is C19H16BrF3N4O3. The Balaban J connectivity index is 1.82. The van der Waals surface area contributed by atoms with Gasteiger partial charge in [-0.2, -0.15) is 23.1 Å². The SMILES string of the molecule is COc1cc(OC)nc(Oc2ncccc2CNc2cc(C(F)(F)F)ccc2Br)n1. The number of hydrogen-bond donors (Lipinski definition) is 1. The van der Waals surface area contributed by atoms with Crippen molar-refractivity contribution in [1.29, 1.82) is 0 Å². The van der Waals surface area contributed by atoms with Gasteiger partial charge in [0, 0.05) is 28.5 Å². The maximum atomic E-state index is 13.0. The molecule has 0 aliphatic rings. The van der Waals surface area contributed by atoms with Gasteiger partial charge >= 0.3 is 12.2 Å². The highest BCUT2D eigenvalue weighted by molar-refractivity contribution is 9.10. The number of aromatic nitrogens is 3. The Bertz CT molecular complexity index is 1010. The summed E-state index contributed by atoms with van der Waals surface area (Å²) in [6.07, 6.45) is -2.93. The van der Waals surface area contributed by atoms with Gasteiger partial charge in [0.25, 0.3) is 0 Å². The predicted octanol–water partition coefficient (Wildman–Crippen LogP) is 5.07. The molecule has 11 heteroatoms. The highest BCUT2D eigenvalue weighted by Crippen LogP contribution is 2.34. The van der Waals surface area contributed by atoms with Crippen molar-refractivity contribution < 1.29 is 27.4 Å². The van der Waals surface area contributed by atoms with Gasteiger partial charge < -0.3 is 19.5 Å². The average molecular weight is 485 g/mol. The van der Waals surface area contributed by atoms with E-state index in [0.717, 1.165) is 12.1 Å². The Hall–Kier alpha value is -3.08. The maximum Gasteiger partial charge on any atom is 0.416 e. The van der Waals surface area contributed by atoms with Crippen LogP contribution >= 0.6 is 15.9 Å². The first-order chi connectivity index (χ1) is 14.3. The van der Waals surface area contributed by atoms with Crippen LogP contribution in [0.2, 0.25) is 0 Å². The monoisotopic (exact) mass is 484 g/mol. The minimum Gasteiger partial charge on any atom is -0.481 e. The van der Waals surface area contributed by atoms with Crippen LogP contribution in [0.3, 0.4) is 0 Å². The molecule has 2 heterocycles. The third-order valence-corrected chi connectivity index (χ3v) is 4.57. The normalized spacial score (nSPS) is 11.1. The van der Waals surface area contributed by atoms with Crippen LogP contribution in [-0.4, -0.2) is 29.2 Å². The van der Waals surface area contributed by atoms with E-state index in [1.165, 1.54) is 32.5 Å². The van der Waals surface area contributed by atoms with Crippen molar-refractivity contribution >= 4 is 21.6 Å². The molecule has 3 aromatic rings. The van der Waals surface area contributed by atoms with Crippen molar-refractivity contribution in [3.05, 3.63) is 58.2 Å². The zero-order chi connectivity index (χ0) is 21.7. The molecule has 0 spiro atoms. The van der Waals surface area contributed by atoms with Gasteiger partial charge in [-0.3, -0.25) is 0 Å². The summed E-state index contributed by atoms with van der Waals surface area (Å²) >= 11 is 3.25. The highest BCUT2D eigenvalue weighted by Gasteiger charge is 2.30. The van der Waals surface area contributed by atoms with E-state index in [9.17, 15) is 13.2 Å². The Kier molecular flexibility index (Phi) is 6.60. The minimum atomic E-state index is -4.44. The van der Waals surface area contributed by atoms with Crippen LogP contribution < -0.4 is 19.5 Å². The number of anilines is 1. The third-order valence-electron chi connectivity index (χ3n) is 3.88. The van der Waals surface area contributed by atoms with Gasteiger partial charge in [-0.25, -0.2) is 4.98 Å². The van der Waals surface area contributed by atoms with Crippen LogP contribution in [-0.2, 0) is 12.7 Å². The lowest BCUT2D eigenvalue weighted by atomic mass is 10.2. The second kappa shape index (κ2) is 9.16. The number of ether oxygens (including phenoxy) is 3. The molecule has 158 valence electrons. The molecule has 3 rings (SSSR count). The Labute approximate surface area is 178 Å². The number of pyridine rings is 1. The second-order valence-electron chi connectivity index (χ2n) is 5.85. The fraction of sp³-hybridized carbons (Fsp3) is 0.211. The van der Waals surface area contributed by atoms with Crippen LogP contribution in [0.15, 0.2) is 47.1 Å². The standard InChI is InChI=1S/C19H16BrF3N4O3/c1-28-15-9-16(29-2)27-18(26-15)30-17-11(4-3-7-24-17)10-25-14-8-12(19(21,22)23)5-6-13(14)20/h3-9,25H,10H2,1-2H3. The summed E-state index contributed by atoms with van der Waals surface area (Å²) in [5.74, 6) is 0.657. The molecule has 0 saturated heterocycles. The van der Waals surface area contributed by atoms with E-state index in [1.807, 2.05) is 0 Å². The lowest BCUT2D eigenvalue weighted by Gasteiger charge is -2.14. The zero-order valence-electron chi connectivity index (χ0n) is 15.8. The lowest BCUT2D eigenvalue weighted by molar-refractivity contribution is -0.137. The fourth-order valence-electron chi connectivity index (χ4n) is 2.40. The van der Waals surface area contributed by atoms with Crippen molar-refractivity contribution in [2.45, 2.75) is 12.7 Å². The largest absolute Gasteiger partial charge is 0.481 e. The number of nitrogens with zero attached hydrogens (tertiary/aromatic N) is 3. The molecule has 0 fully saturated rings. The van der Waals surface area contributed by atoms with E-state index in [-0.39, 0.29) is 35.9 Å². The smallest absolute Gasteiger partial charge is 0.416 e. The third kappa shape index (κ3) is 5.29. The number of nitrogens with one attached hydrogen (secondary N) is 1. The van der Waals surface area contributed by atoms with Gasteiger partial charge in [0.15, 0.2) is 0 Å². The molecule has 30 heavy (non-hydrogen) atoms. The van der Waals surface area contributed by atoms with Crippen LogP contribution in [0.1, 0.15) is 11.1 Å². The number of rotatable bonds is 7. The first-order valence-electron chi connectivity index (χ1n) is 8.49. The van der Waals surface area contributed by atoms with E-state index in [1.54, 1.807) is 12.1 Å². The first kappa shape index (κ1) is 21.6. The van der Waals surface area contributed by atoms with Crippen LogP contribution in [0.4, 0.5) is 18.9 Å². The molecule has 0 unspecified atom stereocenters. The topological polar surface area (TPSA) is 78.4 Å². The summed E-state index contributed by atoms with van der Waals surface area (Å²) in [7, 11) is 2.88. The van der Waals surface area contributed by atoms with Crippen molar-refractivity contribution in [3.8, 4) is 23.7 Å². The molecule has 2 aromatic heterocycles. The van der Waals surface area contributed by atoms with Crippen LogP contribution in [0.5, 0.6) is 23.7 Å². The molecule has 7 nitrogen and oxygen atoms in total. The van der Waals surface area contributed by atoms with Gasteiger partial charge in [0.1, 0.15) is 0 Å². The molecule has 1 aromatic carbocycles. The molecule has 0 atom stereocenters. The molecule has 0 aliphatic carbocycles. The highest BCUT2D eigenvalue weighted by atomic mass is 79.9. The number of hydrogen-bond acceptors (Lipinski definition) is 7. The molecule has 1 N–H and O–H groups in total. The number of halogens is 4. The van der Waals surface area contributed by atoms with Gasteiger partial charge in [-0.05, 0) is 40.2 Å². The number of alkyl halides is 3. The lowest BCUT2D eigenvalue weighted by Crippen LogP contribution is -2.08. The van der Waals surface area contributed by atoms with Crippen LogP contribution in [0.25, 0.3) is 0 Å².